The highest BCUT2D eigenvalue weighted by atomic mass is 16.2. The van der Waals surface area contributed by atoms with Crippen molar-refractivity contribution in [3.63, 3.8) is 0 Å². The van der Waals surface area contributed by atoms with Gasteiger partial charge in [0.15, 0.2) is 0 Å². The predicted molar refractivity (Wildman–Crippen MR) is 84.9 cm³/mol. The second-order valence-electron chi connectivity index (χ2n) is 5.14. The SMILES string of the molecule is CCCN(Cc1cccc(N)c1)C(=O)c1ncccc1C. The van der Waals surface area contributed by atoms with Crippen LogP contribution in [0.3, 0.4) is 0 Å². The summed E-state index contributed by atoms with van der Waals surface area (Å²) in [6.07, 6.45) is 2.56. The Bertz CT molecular complexity index is 625. The number of pyridine rings is 1. The quantitative estimate of drug-likeness (QED) is 0.858. The third kappa shape index (κ3) is 3.81. The van der Waals surface area contributed by atoms with Gasteiger partial charge in [-0.2, -0.15) is 0 Å². The molecule has 0 unspecified atom stereocenters. The molecule has 4 nitrogen and oxygen atoms in total. The molecule has 4 heteroatoms. The molecule has 0 radical (unpaired) electrons. The number of hydrogen-bond acceptors (Lipinski definition) is 3. The van der Waals surface area contributed by atoms with E-state index in [1.807, 2.05) is 48.2 Å². The molecular formula is C17H21N3O. The van der Waals surface area contributed by atoms with Crippen LogP contribution >= 0.6 is 0 Å². The van der Waals surface area contributed by atoms with E-state index in [2.05, 4.69) is 11.9 Å². The number of nitrogen functional groups attached to an aromatic ring is 1. The normalized spacial score (nSPS) is 10.4. The summed E-state index contributed by atoms with van der Waals surface area (Å²) in [6, 6.07) is 11.4. The first-order valence-corrected chi connectivity index (χ1v) is 7.17. The number of amides is 1. The van der Waals surface area contributed by atoms with Crippen LogP contribution in [0, 0.1) is 6.92 Å². The summed E-state index contributed by atoms with van der Waals surface area (Å²) in [5.41, 5.74) is 8.97. The second kappa shape index (κ2) is 6.88. The molecule has 2 N–H and O–H groups in total. The Morgan fingerprint density at radius 3 is 2.76 bits per heavy atom. The minimum Gasteiger partial charge on any atom is -0.399 e. The fourth-order valence-corrected chi connectivity index (χ4v) is 2.29. The maximum Gasteiger partial charge on any atom is 0.273 e. The molecule has 0 bridgehead atoms. The zero-order valence-corrected chi connectivity index (χ0v) is 12.5. The highest BCUT2D eigenvalue weighted by molar-refractivity contribution is 5.93. The molecule has 2 aromatic rings. The van der Waals surface area contributed by atoms with Crippen molar-refractivity contribution in [2.24, 2.45) is 0 Å². The first kappa shape index (κ1) is 15.0. The van der Waals surface area contributed by atoms with E-state index in [4.69, 9.17) is 5.73 Å². The van der Waals surface area contributed by atoms with Crippen molar-refractivity contribution in [1.82, 2.24) is 9.88 Å². The number of benzene rings is 1. The molecule has 0 fully saturated rings. The Labute approximate surface area is 125 Å². The molecule has 1 heterocycles. The van der Waals surface area contributed by atoms with Gasteiger partial charge >= 0.3 is 0 Å². The number of hydrogen-bond donors (Lipinski definition) is 1. The summed E-state index contributed by atoms with van der Waals surface area (Å²) in [7, 11) is 0. The molecule has 21 heavy (non-hydrogen) atoms. The lowest BCUT2D eigenvalue weighted by molar-refractivity contribution is 0.0736. The molecule has 1 aromatic carbocycles. The number of nitrogens with two attached hydrogens (primary N) is 1. The fraction of sp³-hybridized carbons (Fsp3) is 0.294. The van der Waals surface area contributed by atoms with Crippen molar-refractivity contribution in [3.8, 4) is 0 Å². The molecule has 110 valence electrons. The maximum absolute atomic E-state index is 12.7. The summed E-state index contributed by atoms with van der Waals surface area (Å²) in [6.45, 7) is 5.22. The molecule has 0 aliphatic rings. The Hall–Kier alpha value is -2.36. The molecule has 0 saturated carbocycles. The van der Waals surface area contributed by atoms with Crippen LogP contribution in [-0.4, -0.2) is 22.3 Å². The Morgan fingerprint density at radius 1 is 1.29 bits per heavy atom. The highest BCUT2D eigenvalue weighted by Gasteiger charge is 2.18. The van der Waals surface area contributed by atoms with Crippen LogP contribution < -0.4 is 5.73 Å². The van der Waals surface area contributed by atoms with Gasteiger partial charge in [0.2, 0.25) is 0 Å². The zero-order chi connectivity index (χ0) is 15.2. The summed E-state index contributed by atoms with van der Waals surface area (Å²) in [5.74, 6) is -0.0302. The van der Waals surface area contributed by atoms with Crippen LogP contribution in [-0.2, 0) is 6.54 Å². The van der Waals surface area contributed by atoms with E-state index in [-0.39, 0.29) is 5.91 Å². The zero-order valence-electron chi connectivity index (χ0n) is 12.5. The summed E-state index contributed by atoms with van der Waals surface area (Å²) in [5, 5.41) is 0. The van der Waals surface area contributed by atoms with E-state index in [1.54, 1.807) is 6.20 Å². The van der Waals surface area contributed by atoms with E-state index in [0.717, 1.165) is 17.5 Å². The standard InChI is InChI=1S/C17H21N3O/c1-3-10-20(12-14-7-4-8-15(18)11-14)17(21)16-13(2)6-5-9-19-16/h4-9,11H,3,10,12,18H2,1-2H3. The number of aromatic nitrogens is 1. The topological polar surface area (TPSA) is 59.2 Å². The number of carbonyl (C=O) groups excluding carboxylic acids is 1. The number of aryl methyl sites for hydroxylation is 1. The summed E-state index contributed by atoms with van der Waals surface area (Å²) >= 11 is 0. The molecule has 0 spiro atoms. The molecule has 0 saturated heterocycles. The lowest BCUT2D eigenvalue weighted by Gasteiger charge is -2.22. The third-order valence-electron chi connectivity index (χ3n) is 3.32. The van der Waals surface area contributed by atoms with Gasteiger partial charge in [-0.05, 0) is 42.7 Å². The van der Waals surface area contributed by atoms with Gasteiger partial charge in [0, 0.05) is 25.0 Å². The van der Waals surface area contributed by atoms with Crippen LogP contribution in [0.4, 0.5) is 5.69 Å². The highest BCUT2D eigenvalue weighted by Crippen LogP contribution is 2.14. The average molecular weight is 283 g/mol. The summed E-state index contributed by atoms with van der Waals surface area (Å²) in [4.78, 5) is 18.7. The Kier molecular flexibility index (Phi) is 4.93. The largest absolute Gasteiger partial charge is 0.399 e. The minimum absolute atomic E-state index is 0.0302. The third-order valence-corrected chi connectivity index (χ3v) is 3.32. The fourth-order valence-electron chi connectivity index (χ4n) is 2.29. The van der Waals surface area contributed by atoms with Crippen molar-refractivity contribution in [2.45, 2.75) is 26.8 Å². The number of anilines is 1. The van der Waals surface area contributed by atoms with Crippen molar-refractivity contribution < 1.29 is 4.79 Å². The van der Waals surface area contributed by atoms with Crippen molar-refractivity contribution in [3.05, 3.63) is 59.4 Å². The monoisotopic (exact) mass is 283 g/mol. The molecule has 1 aromatic heterocycles. The lowest BCUT2D eigenvalue weighted by atomic mass is 10.1. The molecule has 2 rings (SSSR count). The molecular weight excluding hydrogens is 262 g/mol. The summed E-state index contributed by atoms with van der Waals surface area (Å²) < 4.78 is 0. The van der Waals surface area contributed by atoms with Gasteiger partial charge in [0.25, 0.3) is 5.91 Å². The van der Waals surface area contributed by atoms with Crippen molar-refractivity contribution in [2.75, 3.05) is 12.3 Å². The van der Waals surface area contributed by atoms with Gasteiger partial charge in [-0.25, -0.2) is 0 Å². The van der Waals surface area contributed by atoms with E-state index >= 15 is 0 Å². The van der Waals surface area contributed by atoms with Crippen molar-refractivity contribution >= 4 is 11.6 Å². The van der Waals surface area contributed by atoms with E-state index in [1.165, 1.54) is 0 Å². The smallest absolute Gasteiger partial charge is 0.273 e. The lowest BCUT2D eigenvalue weighted by Crippen LogP contribution is -2.32. The molecule has 0 atom stereocenters. The Balaban J connectivity index is 2.22. The number of rotatable bonds is 5. The second-order valence-corrected chi connectivity index (χ2v) is 5.14. The van der Waals surface area contributed by atoms with Crippen LogP contribution in [0.5, 0.6) is 0 Å². The molecule has 0 aliphatic heterocycles. The van der Waals surface area contributed by atoms with Gasteiger partial charge in [-0.3, -0.25) is 9.78 Å². The van der Waals surface area contributed by atoms with Gasteiger partial charge in [0.1, 0.15) is 5.69 Å². The van der Waals surface area contributed by atoms with Crippen LogP contribution in [0.1, 0.15) is 35.0 Å². The van der Waals surface area contributed by atoms with E-state index < -0.39 is 0 Å². The van der Waals surface area contributed by atoms with Crippen molar-refractivity contribution in [1.29, 1.82) is 0 Å². The van der Waals surface area contributed by atoms with E-state index in [0.29, 0.717) is 24.5 Å². The van der Waals surface area contributed by atoms with Gasteiger partial charge < -0.3 is 10.6 Å². The van der Waals surface area contributed by atoms with E-state index in [9.17, 15) is 4.79 Å². The molecule has 1 amide bonds. The first-order valence-electron chi connectivity index (χ1n) is 7.17. The van der Waals surface area contributed by atoms with Crippen LogP contribution in [0.15, 0.2) is 42.6 Å². The van der Waals surface area contributed by atoms with Gasteiger partial charge in [-0.1, -0.05) is 25.1 Å². The number of nitrogens with zero attached hydrogens (tertiary/aromatic N) is 2. The number of carbonyl (C=O) groups is 1. The van der Waals surface area contributed by atoms with Crippen LogP contribution in [0.2, 0.25) is 0 Å². The average Bonchev–Trinajstić information content (AvgIpc) is 2.47. The molecule has 0 aliphatic carbocycles. The van der Waals surface area contributed by atoms with Crippen LogP contribution in [0.25, 0.3) is 0 Å². The predicted octanol–water partition coefficient (Wildman–Crippen LogP) is 3.02. The van der Waals surface area contributed by atoms with Gasteiger partial charge in [-0.15, -0.1) is 0 Å². The Morgan fingerprint density at radius 2 is 2.10 bits per heavy atom. The maximum atomic E-state index is 12.7. The minimum atomic E-state index is -0.0302. The van der Waals surface area contributed by atoms with Gasteiger partial charge in [0.05, 0.1) is 0 Å². The first-order chi connectivity index (χ1) is 10.1.